The topological polar surface area (TPSA) is 89.8 Å². The molecule has 0 radical (unpaired) electrons. The molecular weight excluding hydrogens is 228 g/mol. The lowest BCUT2D eigenvalue weighted by atomic mass is 10.4. The maximum Gasteiger partial charge on any atom is 0.332 e. The van der Waals surface area contributed by atoms with Crippen LogP contribution in [0.4, 0.5) is 0 Å². The lowest BCUT2D eigenvalue weighted by Crippen LogP contribution is -2.28. The molecule has 0 fully saturated rings. The number of carbonyl (C=O) groups is 2. The molecule has 0 aliphatic rings. The quantitative estimate of drug-likeness (QED) is 0.651. The van der Waals surface area contributed by atoms with Crippen LogP contribution in [0.1, 0.15) is 10.5 Å². The fraction of sp³-hybridized carbons (Fsp3) is 0.400. The summed E-state index contributed by atoms with van der Waals surface area (Å²) in [5.74, 6) is -1.65. The molecule has 1 rings (SSSR count). The number of carbonyl (C=O) groups excluding carboxylic acids is 1. The average Bonchev–Trinajstić information content (AvgIpc) is 2.73. The number of methoxy groups -OCH3 is 1. The monoisotopic (exact) mass is 242 g/mol. The Kier molecular flexibility index (Phi) is 5.18. The molecule has 1 aromatic rings. The molecule has 0 aliphatic heterocycles. The Labute approximate surface area is 97.9 Å². The number of carboxylic acid groups (broad SMARTS) is 1. The van der Waals surface area contributed by atoms with Crippen LogP contribution in [-0.2, 0) is 20.9 Å². The van der Waals surface area contributed by atoms with Gasteiger partial charge in [-0.2, -0.15) is 0 Å². The van der Waals surface area contributed by atoms with Crippen LogP contribution in [0.3, 0.4) is 0 Å². The minimum atomic E-state index is -1.15. The number of hydroxylamine groups is 1. The smallest absolute Gasteiger partial charge is 0.332 e. The van der Waals surface area contributed by atoms with E-state index in [0.717, 1.165) is 0 Å². The number of aromatic nitrogens is 1. The molecule has 0 spiro atoms. The molecule has 1 aromatic heterocycles. The zero-order valence-electron chi connectivity index (χ0n) is 9.38. The van der Waals surface area contributed by atoms with Crippen molar-refractivity contribution in [1.29, 1.82) is 0 Å². The van der Waals surface area contributed by atoms with Crippen molar-refractivity contribution in [2.24, 2.45) is 0 Å². The van der Waals surface area contributed by atoms with Gasteiger partial charge in [-0.3, -0.25) is 9.63 Å². The van der Waals surface area contributed by atoms with Crippen molar-refractivity contribution in [1.82, 2.24) is 10.0 Å². The molecule has 0 unspecified atom stereocenters. The SMILES string of the molecule is COCCn1cccc1C(=O)NOCC(=O)O. The normalized spacial score (nSPS) is 10.2. The van der Waals surface area contributed by atoms with Gasteiger partial charge in [0, 0.05) is 19.9 Å². The summed E-state index contributed by atoms with van der Waals surface area (Å²) >= 11 is 0. The summed E-state index contributed by atoms with van der Waals surface area (Å²) in [6.07, 6.45) is 1.73. The average molecular weight is 242 g/mol. The number of nitrogens with zero attached hydrogens (tertiary/aromatic N) is 1. The van der Waals surface area contributed by atoms with Crippen molar-refractivity contribution in [2.45, 2.75) is 6.54 Å². The number of hydrogen-bond donors (Lipinski definition) is 2. The number of hydrogen-bond acceptors (Lipinski definition) is 4. The summed E-state index contributed by atoms with van der Waals surface area (Å²) in [6.45, 7) is 0.431. The van der Waals surface area contributed by atoms with E-state index in [4.69, 9.17) is 9.84 Å². The van der Waals surface area contributed by atoms with Crippen LogP contribution < -0.4 is 5.48 Å². The number of amides is 1. The van der Waals surface area contributed by atoms with Gasteiger partial charge in [-0.1, -0.05) is 0 Å². The molecule has 7 nitrogen and oxygen atoms in total. The van der Waals surface area contributed by atoms with Crippen LogP contribution in [0.2, 0.25) is 0 Å². The van der Waals surface area contributed by atoms with Gasteiger partial charge >= 0.3 is 5.97 Å². The predicted octanol–water partition coefficient (Wildman–Crippen LogP) is -0.119. The number of nitrogens with one attached hydrogen (secondary N) is 1. The van der Waals surface area contributed by atoms with Crippen molar-refractivity contribution >= 4 is 11.9 Å². The number of ether oxygens (including phenoxy) is 1. The fourth-order valence-corrected chi connectivity index (χ4v) is 1.22. The third-order valence-corrected chi connectivity index (χ3v) is 1.96. The highest BCUT2D eigenvalue weighted by Crippen LogP contribution is 2.02. The summed E-state index contributed by atoms with van der Waals surface area (Å²) < 4.78 is 6.58. The van der Waals surface area contributed by atoms with E-state index >= 15 is 0 Å². The molecule has 7 heteroatoms. The maximum absolute atomic E-state index is 11.6. The van der Waals surface area contributed by atoms with E-state index in [2.05, 4.69) is 10.3 Å². The number of rotatable bonds is 7. The van der Waals surface area contributed by atoms with Gasteiger partial charge in [0.05, 0.1) is 6.61 Å². The van der Waals surface area contributed by atoms with E-state index in [1.807, 2.05) is 0 Å². The van der Waals surface area contributed by atoms with Crippen molar-refractivity contribution in [3.05, 3.63) is 24.0 Å². The standard InChI is InChI=1S/C10H14N2O5/c1-16-6-5-12-4-2-3-8(12)10(15)11-17-7-9(13)14/h2-4H,5-7H2,1H3,(H,11,15)(H,13,14). The highest BCUT2D eigenvalue weighted by atomic mass is 16.7. The van der Waals surface area contributed by atoms with Gasteiger partial charge in [0.2, 0.25) is 0 Å². The first-order valence-corrected chi connectivity index (χ1v) is 4.93. The van der Waals surface area contributed by atoms with Gasteiger partial charge in [-0.05, 0) is 12.1 Å². The minimum Gasteiger partial charge on any atom is -0.479 e. The van der Waals surface area contributed by atoms with E-state index in [0.29, 0.717) is 18.8 Å². The Morgan fingerprint density at radius 3 is 2.94 bits per heavy atom. The molecule has 0 aliphatic carbocycles. The third-order valence-electron chi connectivity index (χ3n) is 1.96. The van der Waals surface area contributed by atoms with Gasteiger partial charge < -0.3 is 14.4 Å². The highest BCUT2D eigenvalue weighted by molar-refractivity contribution is 5.92. The van der Waals surface area contributed by atoms with Crippen LogP contribution in [0, 0.1) is 0 Å². The Bertz CT molecular complexity index is 388. The molecule has 17 heavy (non-hydrogen) atoms. The van der Waals surface area contributed by atoms with Crippen LogP contribution in [0.5, 0.6) is 0 Å². The van der Waals surface area contributed by atoms with Gasteiger partial charge in [0.25, 0.3) is 5.91 Å². The summed E-state index contributed by atoms with van der Waals surface area (Å²) in [5.41, 5.74) is 2.43. The second kappa shape index (κ2) is 6.66. The Hall–Kier alpha value is -1.86. The molecule has 0 saturated carbocycles. The number of carboxylic acids is 1. The summed E-state index contributed by atoms with van der Waals surface area (Å²) in [4.78, 5) is 26.3. The summed E-state index contributed by atoms with van der Waals surface area (Å²) in [7, 11) is 1.57. The molecule has 0 aromatic carbocycles. The van der Waals surface area contributed by atoms with Crippen molar-refractivity contribution in [3.8, 4) is 0 Å². The zero-order valence-corrected chi connectivity index (χ0v) is 9.38. The van der Waals surface area contributed by atoms with E-state index < -0.39 is 18.5 Å². The van der Waals surface area contributed by atoms with Gasteiger partial charge in [-0.25, -0.2) is 10.3 Å². The van der Waals surface area contributed by atoms with Crippen molar-refractivity contribution in [3.63, 3.8) is 0 Å². The fourth-order valence-electron chi connectivity index (χ4n) is 1.22. The summed E-state index contributed by atoms with van der Waals surface area (Å²) in [6, 6.07) is 3.32. The lowest BCUT2D eigenvalue weighted by Gasteiger charge is -2.08. The molecule has 1 amide bonds. The van der Waals surface area contributed by atoms with Gasteiger partial charge in [0.1, 0.15) is 5.69 Å². The molecule has 2 N–H and O–H groups in total. The van der Waals surface area contributed by atoms with Gasteiger partial charge in [0.15, 0.2) is 6.61 Å². The van der Waals surface area contributed by atoms with Crippen LogP contribution in [-0.4, -0.2) is 41.9 Å². The predicted molar refractivity (Wildman–Crippen MR) is 57.4 cm³/mol. The van der Waals surface area contributed by atoms with Gasteiger partial charge in [-0.15, -0.1) is 0 Å². The van der Waals surface area contributed by atoms with Crippen molar-refractivity contribution < 1.29 is 24.3 Å². The first-order valence-electron chi connectivity index (χ1n) is 4.93. The van der Waals surface area contributed by atoms with E-state index in [-0.39, 0.29) is 0 Å². The molecule has 1 heterocycles. The second-order valence-electron chi connectivity index (χ2n) is 3.19. The largest absolute Gasteiger partial charge is 0.479 e. The lowest BCUT2D eigenvalue weighted by molar-refractivity contribution is -0.144. The minimum absolute atomic E-state index is 0.382. The molecule has 0 bridgehead atoms. The first kappa shape index (κ1) is 13.2. The van der Waals surface area contributed by atoms with E-state index in [1.165, 1.54) is 0 Å². The second-order valence-corrected chi connectivity index (χ2v) is 3.19. The van der Waals surface area contributed by atoms with E-state index in [9.17, 15) is 9.59 Å². The first-order chi connectivity index (χ1) is 8.15. The maximum atomic E-state index is 11.6. The Morgan fingerprint density at radius 1 is 1.53 bits per heavy atom. The van der Waals surface area contributed by atoms with Crippen LogP contribution in [0.25, 0.3) is 0 Å². The number of aliphatic carboxylic acids is 1. The molecule has 94 valence electrons. The third kappa shape index (κ3) is 4.25. The van der Waals surface area contributed by atoms with E-state index in [1.54, 1.807) is 30.0 Å². The highest BCUT2D eigenvalue weighted by Gasteiger charge is 2.11. The van der Waals surface area contributed by atoms with Crippen molar-refractivity contribution in [2.75, 3.05) is 20.3 Å². The summed E-state index contributed by atoms with van der Waals surface area (Å²) in [5, 5.41) is 8.33. The zero-order chi connectivity index (χ0) is 12.7. The molecule has 0 atom stereocenters. The van der Waals surface area contributed by atoms with Crippen LogP contribution in [0.15, 0.2) is 18.3 Å². The van der Waals surface area contributed by atoms with Crippen LogP contribution >= 0.6 is 0 Å². The Balaban J connectivity index is 2.50. The molecule has 0 saturated heterocycles. The Morgan fingerprint density at radius 2 is 2.29 bits per heavy atom. The molecular formula is C10H14N2O5.